The third-order valence-electron chi connectivity index (χ3n) is 3.44. The molecule has 0 saturated heterocycles. The van der Waals surface area contributed by atoms with Crippen LogP contribution in [0.2, 0.25) is 0 Å². The summed E-state index contributed by atoms with van der Waals surface area (Å²) in [7, 11) is 0. The van der Waals surface area contributed by atoms with Gasteiger partial charge in [0, 0.05) is 12.6 Å². The van der Waals surface area contributed by atoms with Gasteiger partial charge in [-0.2, -0.15) is 0 Å². The van der Waals surface area contributed by atoms with E-state index in [-0.39, 0.29) is 11.9 Å². The van der Waals surface area contributed by atoms with E-state index in [1.165, 1.54) is 0 Å². The van der Waals surface area contributed by atoms with E-state index >= 15 is 0 Å². The van der Waals surface area contributed by atoms with Gasteiger partial charge in [-0.15, -0.1) is 0 Å². The highest BCUT2D eigenvalue weighted by atomic mass is 16.4. The third kappa shape index (κ3) is 4.91. The van der Waals surface area contributed by atoms with Gasteiger partial charge in [-0.25, -0.2) is 4.79 Å². The first kappa shape index (κ1) is 16.0. The minimum absolute atomic E-state index is 0.203. The lowest BCUT2D eigenvalue weighted by atomic mass is 10.0. The number of rotatable bonds is 6. The van der Waals surface area contributed by atoms with E-state index in [4.69, 9.17) is 5.11 Å². The van der Waals surface area contributed by atoms with Crippen molar-refractivity contribution in [2.24, 2.45) is 5.92 Å². The van der Waals surface area contributed by atoms with E-state index in [9.17, 15) is 9.59 Å². The Labute approximate surface area is 119 Å². The summed E-state index contributed by atoms with van der Waals surface area (Å²) in [6.45, 7) is 5.78. The van der Waals surface area contributed by atoms with Crippen LogP contribution < -0.4 is 10.6 Å². The summed E-state index contributed by atoms with van der Waals surface area (Å²) in [4.78, 5) is 22.5. The number of hydrogen-bond donors (Lipinski definition) is 3. The van der Waals surface area contributed by atoms with Crippen LogP contribution in [0.15, 0.2) is 30.3 Å². The molecule has 1 rings (SSSR count). The van der Waals surface area contributed by atoms with Crippen molar-refractivity contribution in [2.45, 2.75) is 32.7 Å². The summed E-state index contributed by atoms with van der Waals surface area (Å²) in [6.07, 6.45) is 0. The zero-order chi connectivity index (χ0) is 15.1. The fourth-order valence-corrected chi connectivity index (χ4v) is 1.74. The maximum Gasteiger partial charge on any atom is 0.315 e. The van der Waals surface area contributed by atoms with Crippen LogP contribution >= 0.6 is 0 Å². The number of carbonyl (C=O) groups excluding carboxylic acids is 1. The molecule has 0 aliphatic heterocycles. The standard InChI is InChI=1S/C15H22N2O3/c1-10(13-7-5-4-6-8-13)9-16-15(20)17-12(3)11(2)14(18)19/h4-8,10-12H,9H2,1-3H3,(H,18,19)(H2,16,17,20). The maximum absolute atomic E-state index is 11.7. The van der Waals surface area contributed by atoms with Gasteiger partial charge in [0.1, 0.15) is 0 Å². The number of hydrogen-bond acceptors (Lipinski definition) is 2. The maximum atomic E-state index is 11.7. The summed E-state index contributed by atoms with van der Waals surface area (Å²) in [5.41, 5.74) is 1.15. The molecule has 3 atom stereocenters. The fraction of sp³-hybridized carbons (Fsp3) is 0.467. The van der Waals surface area contributed by atoms with E-state index in [0.717, 1.165) is 5.56 Å². The van der Waals surface area contributed by atoms with Crippen molar-refractivity contribution in [3.05, 3.63) is 35.9 Å². The molecule has 0 heterocycles. The first-order chi connectivity index (χ1) is 9.41. The quantitative estimate of drug-likeness (QED) is 0.746. The van der Waals surface area contributed by atoms with E-state index < -0.39 is 17.9 Å². The SMILES string of the molecule is CC(CNC(=O)NC(C)C(C)C(=O)O)c1ccccc1. The highest BCUT2D eigenvalue weighted by Gasteiger charge is 2.20. The number of amides is 2. The van der Waals surface area contributed by atoms with E-state index in [2.05, 4.69) is 10.6 Å². The van der Waals surface area contributed by atoms with Crippen LogP contribution in [-0.4, -0.2) is 29.7 Å². The predicted octanol–water partition coefficient (Wildman–Crippen LogP) is 2.20. The van der Waals surface area contributed by atoms with Crippen LogP contribution in [0.3, 0.4) is 0 Å². The Bertz CT molecular complexity index is 448. The molecule has 0 spiro atoms. The summed E-state index contributed by atoms with van der Waals surface area (Å²) in [5, 5.41) is 14.3. The lowest BCUT2D eigenvalue weighted by Crippen LogP contribution is -2.46. The van der Waals surface area contributed by atoms with Crippen molar-refractivity contribution in [1.29, 1.82) is 0 Å². The molecule has 3 unspecified atom stereocenters. The van der Waals surface area contributed by atoms with E-state index in [1.807, 2.05) is 37.3 Å². The minimum Gasteiger partial charge on any atom is -0.481 e. The molecule has 5 heteroatoms. The van der Waals surface area contributed by atoms with Crippen molar-refractivity contribution in [2.75, 3.05) is 6.54 Å². The molecule has 0 aromatic heterocycles. The largest absolute Gasteiger partial charge is 0.481 e. The molecule has 0 bridgehead atoms. The van der Waals surface area contributed by atoms with Crippen LogP contribution in [0.1, 0.15) is 32.3 Å². The van der Waals surface area contributed by atoms with Crippen molar-refractivity contribution in [1.82, 2.24) is 10.6 Å². The Kier molecular flexibility index (Phi) is 6.03. The zero-order valence-corrected chi connectivity index (χ0v) is 12.1. The number of urea groups is 1. The van der Waals surface area contributed by atoms with Crippen molar-refractivity contribution >= 4 is 12.0 Å². The smallest absolute Gasteiger partial charge is 0.315 e. The normalized spacial score (nSPS) is 14.9. The van der Waals surface area contributed by atoms with Crippen molar-refractivity contribution < 1.29 is 14.7 Å². The Morgan fingerprint density at radius 3 is 2.30 bits per heavy atom. The summed E-state index contributed by atoms with van der Waals surface area (Å²) < 4.78 is 0. The monoisotopic (exact) mass is 278 g/mol. The third-order valence-corrected chi connectivity index (χ3v) is 3.44. The average molecular weight is 278 g/mol. The number of carboxylic acids is 1. The second-order valence-corrected chi connectivity index (χ2v) is 5.08. The molecular formula is C15H22N2O3. The highest BCUT2D eigenvalue weighted by Crippen LogP contribution is 2.12. The topological polar surface area (TPSA) is 78.4 Å². The van der Waals surface area contributed by atoms with Gasteiger partial charge in [-0.05, 0) is 25.3 Å². The first-order valence-corrected chi connectivity index (χ1v) is 6.74. The predicted molar refractivity (Wildman–Crippen MR) is 77.7 cm³/mol. The van der Waals surface area contributed by atoms with Crippen molar-refractivity contribution in [3.63, 3.8) is 0 Å². The van der Waals surface area contributed by atoms with Gasteiger partial charge in [0.05, 0.1) is 5.92 Å². The second kappa shape index (κ2) is 7.53. The number of nitrogens with one attached hydrogen (secondary N) is 2. The van der Waals surface area contributed by atoms with E-state index in [1.54, 1.807) is 13.8 Å². The Balaban J connectivity index is 2.38. The number of carboxylic acid groups (broad SMARTS) is 1. The molecule has 3 N–H and O–H groups in total. The van der Waals surface area contributed by atoms with Crippen LogP contribution in [0, 0.1) is 5.92 Å². The molecule has 5 nitrogen and oxygen atoms in total. The molecular weight excluding hydrogens is 256 g/mol. The van der Waals surface area contributed by atoms with E-state index in [0.29, 0.717) is 6.54 Å². The van der Waals surface area contributed by atoms with Crippen LogP contribution in [0.5, 0.6) is 0 Å². The summed E-state index contributed by atoms with van der Waals surface area (Å²) in [6, 6.07) is 9.14. The summed E-state index contributed by atoms with van der Waals surface area (Å²) >= 11 is 0. The lowest BCUT2D eigenvalue weighted by Gasteiger charge is -2.19. The summed E-state index contributed by atoms with van der Waals surface area (Å²) in [5.74, 6) is -1.34. The number of carbonyl (C=O) groups is 2. The molecule has 1 aromatic carbocycles. The Morgan fingerprint density at radius 1 is 1.15 bits per heavy atom. The van der Waals surface area contributed by atoms with Gasteiger partial charge in [0.2, 0.25) is 0 Å². The Morgan fingerprint density at radius 2 is 1.75 bits per heavy atom. The fourth-order valence-electron chi connectivity index (χ4n) is 1.74. The van der Waals surface area contributed by atoms with Gasteiger partial charge >= 0.3 is 12.0 Å². The molecule has 0 aliphatic rings. The minimum atomic E-state index is -0.921. The number of aliphatic carboxylic acids is 1. The molecule has 0 fully saturated rings. The van der Waals surface area contributed by atoms with Crippen molar-refractivity contribution in [3.8, 4) is 0 Å². The number of benzene rings is 1. The van der Waals surface area contributed by atoms with Gasteiger partial charge in [-0.1, -0.05) is 37.3 Å². The van der Waals surface area contributed by atoms with Gasteiger partial charge < -0.3 is 15.7 Å². The average Bonchev–Trinajstić information content (AvgIpc) is 2.44. The van der Waals surface area contributed by atoms with Gasteiger partial charge in [-0.3, -0.25) is 4.79 Å². The second-order valence-electron chi connectivity index (χ2n) is 5.08. The highest BCUT2D eigenvalue weighted by molar-refractivity contribution is 5.76. The molecule has 20 heavy (non-hydrogen) atoms. The molecule has 0 aliphatic carbocycles. The molecule has 0 saturated carbocycles. The van der Waals surface area contributed by atoms with Gasteiger partial charge in [0.25, 0.3) is 0 Å². The Hall–Kier alpha value is -2.04. The molecule has 0 radical (unpaired) electrons. The lowest BCUT2D eigenvalue weighted by molar-refractivity contribution is -0.141. The molecule has 110 valence electrons. The molecule has 1 aromatic rings. The van der Waals surface area contributed by atoms with Crippen LogP contribution in [-0.2, 0) is 4.79 Å². The van der Waals surface area contributed by atoms with Crippen LogP contribution in [0.25, 0.3) is 0 Å². The first-order valence-electron chi connectivity index (χ1n) is 6.74. The zero-order valence-electron chi connectivity index (χ0n) is 12.1. The van der Waals surface area contributed by atoms with Gasteiger partial charge in [0.15, 0.2) is 0 Å². The molecule has 2 amide bonds. The van der Waals surface area contributed by atoms with Crippen LogP contribution in [0.4, 0.5) is 4.79 Å².